The fourth-order valence-electron chi connectivity index (χ4n) is 2.43. The summed E-state index contributed by atoms with van der Waals surface area (Å²) in [4.78, 5) is 4.75. The summed E-state index contributed by atoms with van der Waals surface area (Å²) in [6, 6.07) is 8.89. The third kappa shape index (κ3) is 2.72. The van der Waals surface area contributed by atoms with E-state index < -0.39 is 0 Å². The summed E-state index contributed by atoms with van der Waals surface area (Å²) in [5.41, 5.74) is 2.37. The highest BCUT2D eigenvalue weighted by molar-refractivity contribution is 5.75. The Kier molecular flexibility index (Phi) is 4.37. The van der Waals surface area contributed by atoms with Crippen LogP contribution in [0.25, 0.3) is 11.0 Å². The van der Waals surface area contributed by atoms with Gasteiger partial charge in [-0.15, -0.1) is 0 Å². The maximum absolute atomic E-state index is 4.75. The number of aryl methyl sites for hydroxylation is 1. The van der Waals surface area contributed by atoms with Gasteiger partial charge in [-0.3, -0.25) is 0 Å². The van der Waals surface area contributed by atoms with Gasteiger partial charge < -0.3 is 9.88 Å². The molecule has 1 aromatic heterocycles. The molecule has 1 aromatic carbocycles. The summed E-state index contributed by atoms with van der Waals surface area (Å²) in [5.74, 6) is 1.21. The first-order valence-corrected chi connectivity index (χ1v) is 6.93. The van der Waals surface area contributed by atoms with E-state index in [1.165, 1.54) is 11.3 Å². The molecular weight excluding hydrogens is 222 g/mol. The van der Waals surface area contributed by atoms with Crippen molar-refractivity contribution in [3.63, 3.8) is 0 Å². The van der Waals surface area contributed by atoms with Gasteiger partial charge in [-0.25, -0.2) is 4.98 Å². The van der Waals surface area contributed by atoms with Crippen LogP contribution >= 0.6 is 0 Å². The first-order valence-electron chi connectivity index (χ1n) is 6.93. The van der Waals surface area contributed by atoms with Gasteiger partial charge in [0.2, 0.25) is 0 Å². The third-order valence-corrected chi connectivity index (χ3v) is 3.22. The number of benzene rings is 1. The first-order chi connectivity index (χ1) is 8.76. The van der Waals surface area contributed by atoms with Crippen LogP contribution in [0.4, 0.5) is 0 Å². The Morgan fingerprint density at radius 2 is 2.06 bits per heavy atom. The summed E-state index contributed by atoms with van der Waals surface area (Å²) in [6.45, 7) is 8.58. The number of likely N-dealkylation sites (N-methyl/N-ethyl adjacent to an activating group) is 1. The molecule has 0 amide bonds. The third-order valence-electron chi connectivity index (χ3n) is 3.22. The van der Waals surface area contributed by atoms with Gasteiger partial charge in [0.15, 0.2) is 0 Å². The van der Waals surface area contributed by atoms with E-state index in [1.807, 2.05) is 0 Å². The fraction of sp³-hybridized carbons (Fsp3) is 0.533. The highest BCUT2D eigenvalue weighted by Crippen LogP contribution is 2.17. The molecule has 0 saturated heterocycles. The van der Waals surface area contributed by atoms with Crippen LogP contribution in [-0.2, 0) is 13.0 Å². The topological polar surface area (TPSA) is 29.9 Å². The minimum Gasteiger partial charge on any atom is -0.326 e. The molecule has 0 fully saturated rings. The molecule has 3 nitrogen and oxygen atoms in total. The number of imidazole rings is 1. The van der Waals surface area contributed by atoms with E-state index >= 15 is 0 Å². The molecule has 0 spiro atoms. The molecule has 1 unspecified atom stereocenters. The Morgan fingerprint density at radius 3 is 2.78 bits per heavy atom. The van der Waals surface area contributed by atoms with Crippen molar-refractivity contribution in [1.82, 2.24) is 14.9 Å². The molecule has 0 bridgehead atoms. The van der Waals surface area contributed by atoms with E-state index in [0.717, 1.165) is 31.4 Å². The number of nitrogens with zero attached hydrogens (tertiary/aromatic N) is 2. The summed E-state index contributed by atoms with van der Waals surface area (Å²) in [6.07, 6.45) is 2.19. The van der Waals surface area contributed by atoms with E-state index in [4.69, 9.17) is 4.98 Å². The predicted molar refractivity (Wildman–Crippen MR) is 76.9 cm³/mol. The second kappa shape index (κ2) is 6.01. The average Bonchev–Trinajstić information content (AvgIpc) is 2.69. The SMILES string of the molecule is CCCc1nc2ccccc2n1CC(C)NCC. The monoisotopic (exact) mass is 245 g/mol. The number of fused-ring (bicyclic) bond motifs is 1. The zero-order chi connectivity index (χ0) is 13.0. The minimum absolute atomic E-state index is 0.475. The van der Waals surface area contributed by atoms with Gasteiger partial charge in [0.1, 0.15) is 5.82 Å². The highest BCUT2D eigenvalue weighted by atomic mass is 15.1. The normalized spacial score (nSPS) is 13.1. The summed E-state index contributed by atoms with van der Waals surface area (Å²) in [7, 11) is 0. The van der Waals surface area contributed by atoms with Crippen molar-refractivity contribution in [2.75, 3.05) is 6.54 Å². The van der Waals surface area contributed by atoms with E-state index in [0.29, 0.717) is 6.04 Å². The molecule has 1 heterocycles. The molecule has 0 radical (unpaired) electrons. The summed E-state index contributed by atoms with van der Waals surface area (Å²) in [5, 5.41) is 3.47. The Bertz CT molecular complexity index is 501. The van der Waals surface area contributed by atoms with Crippen molar-refractivity contribution in [2.45, 2.75) is 46.2 Å². The first kappa shape index (κ1) is 13.1. The van der Waals surface area contributed by atoms with E-state index in [2.05, 4.69) is 54.9 Å². The molecule has 98 valence electrons. The average molecular weight is 245 g/mol. The van der Waals surface area contributed by atoms with Crippen LogP contribution in [0.15, 0.2) is 24.3 Å². The number of aromatic nitrogens is 2. The van der Waals surface area contributed by atoms with Crippen LogP contribution in [0.3, 0.4) is 0 Å². The molecule has 18 heavy (non-hydrogen) atoms. The quantitative estimate of drug-likeness (QED) is 0.848. The molecule has 1 N–H and O–H groups in total. The predicted octanol–water partition coefficient (Wildman–Crippen LogP) is 2.99. The minimum atomic E-state index is 0.475. The lowest BCUT2D eigenvalue weighted by atomic mass is 10.2. The molecule has 0 aliphatic rings. The molecule has 3 heteroatoms. The van der Waals surface area contributed by atoms with E-state index in [-0.39, 0.29) is 0 Å². The Morgan fingerprint density at radius 1 is 1.28 bits per heavy atom. The van der Waals surface area contributed by atoms with Gasteiger partial charge in [0, 0.05) is 19.0 Å². The molecule has 0 saturated carbocycles. The Hall–Kier alpha value is -1.35. The van der Waals surface area contributed by atoms with Crippen molar-refractivity contribution in [1.29, 1.82) is 0 Å². The lowest BCUT2D eigenvalue weighted by Gasteiger charge is -2.16. The van der Waals surface area contributed by atoms with Crippen LogP contribution in [0.2, 0.25) is 0 Å². The van der Waals surface area contributed by atoms with Crippen LogP contribution in [0.5, 0.6) is 0 Å². The number of hydrogen-bond donors (Lipinski definition) is 1. The van der Waals surface area contributed by atoms with Gasteiger partial charge in [-0.2, -0.15) is 0 Å². The maximum atomic E-state index is 4.75. The molecule has 2 rings (SSSR count). The van der Waals surface area contributed by atoms with Crippen molar-refractivity contribution in [3.05, 3.63) is 30.1 Å². The van der Waals surface area contributed by atoms with Crippen molar-refractivity contribution in [2.24, 2.45) is 0 Å². The number of hydrogen-bond acceptors (Lipinski definition) is 2. The van der Waals surface area contributed by atoms with E-state index in [1.54, 1.807) is 0 Å². The van der Waals surface area contributed by atoms with Gasteiger partial charge >= 0.3 is 0 Å². The smallest absolute Gasteiger partial charge is 0.109 e. The number of nitrogens with one attached hydrogen (secondary N) is 1. The van der Waals surface area contributed by atoms with Crippen LogP contribution in [0, 0.1) is 0 Å². The second-order valence-corrected chi connectivity index (χ2v) is 4.84. The standard InChI is InChI=1S/C15H23N3/c1-4-8-15-17-13-9-6-7-10-14(13)18(15)11-12(3)16-5-2/h6-7,9-10,12,16H,4-5,8,11H2,1-3H3. The number of rotatable bonds is 6. The van der Waals surface area contributed by atoms with Gasteiger partial charge in [0.25, 0.3) is 0 Å². The van der Waals surface area contributed by atoms with Crippen molar-refractivity contribution in [3.8, 4) is 0 Å². The van der Waals surface area contributed by atoms with Crippen LogP contribution in [-0.4, -0.2) is 22.1 Å². The Balaban J connectivity index is 2.35. The van der Waals surface area contributed by atoms with Gasteiger partial charge in [-0.05, 0) is 32.0 Å². The van der Waals surface area contributed by atoms with Crippen LogP contribution in [0.1, 0.15) is 33.0 Å². The molecule has 0 aliphatic carbocycles. The summed E-state index contributed by atoms with van der Waals surface area (Å²) >= 11 is 0. The highest BCUT2D eigenvalue weighted by Gasteiger charge is 2.11. The molecule has 0 aliphatic heterocycles. The molecule has 2 aromatic rings. The summed E-state index contributed by atoms with van der Waals surface area (Å²) < 4.78 is 2.37. The fourth-order valence-corrected chi connectivity index (χ4v) is 2.43. The van der Waals surface area contributed by atoms with Gasteiger partial charge in [-0.1, -0.05) is 26.0 Å². The molecular formula is C15H23N3. The van der Waals surface area contributed by atoms with Crippen LogP contribution < -0.4 is 5.32 Å². The lowest BCUT2D eigenvalue weighted by Crippen LogP contribution is -2.30. The second-order valence-electron chi connectivity index (χ2n) is 4.84. The van der Waals surface area contributed by atoms with Crippen molar-refractivity contribution < 1.29 is 0 Å². The Labute approximate surface area is 109 Å². The largest absolute Gasteiger partial charge is 0.326 e. The van der Waals surface area contributed by atoms with E-state index in [9.17, 15) is 0 Å². The zero-order valence-electron chi connectivity index (χ0n) is 11.6. The lowest BCUT2D eigenvalue weighted by molar-refractivity contribution is 0.485. The molecule has 1 atom stereocenters. The maximum Gasteiger partial charge on any atom is 0.109 e. The van der Waals surface area contributed by atoms with Crippen molar-refractivity contribution >= 4 is 11.0 Å². The number of para-hydroxylation sites is 2. The zero-order valence-corrected chi connectivity index (χ0v) is 11.6. The van der Waals surface area contributed by atoms with Gasteiger partial charge in [0.05, 0.1) is 11.0 Å².